The minimum absolute atomic E-state index is 0.00425. The number of carbonyl (C=O) groups is 1. The number of hydrogen-bond acceptors (Lipinski definition) is 3. The summed E-state index contributed by atoms with van der Waals surface area (Å²) in [5, 5.41) is 3.00. The van der Waals surface area contributed by atoms with E-state index in [9.17, 15) is 4.79 Å². The Bertz CT molecular complexity index is 610. The van der Waals surface area contributed by atoms with Gasteiger partial charge in [0.05, 0.1) is 6.04 Å². The summed E-state index contributed by atoms with van der Waals surface area (Å²) in [6.07, 6.45) is 8.18. The molecule has 0 spiro atoms. The molecule has 6 heteroatoms. The second-order valence-corrected chi connectivity index (χ2v) is 5.50. The molecule has 124 valence electrons. The molecule has 1 N–H and O–H groups in total. The van der Waals surface area contributed by atoms with E-state index in [1.807, 2.05) is 50.2 Å². The van der Waals surface area contributed by atoms with Gasteiger partial charge < -0.3 is 14.8 Å². The maximum Gasteiger partial charge on any atom is 0.317 e. The van der Waals surface area contributed by atoms with Crippen LogP contribution in [0.3, 0.4) is 0 Å². The number of aryl methyl sites for hydroxylation is 2. The van der Waals surface area contributed by atoms with E-state index >= 15 is 0 Å². The Labute approximate surface area is 137 Å². The zero-order valence-corrected chi connectivity index (χ0v) is 14.1. The van der Waals surface area contributed by atoms with Crippen molar-refractivity contribution < 1.29 is 4.79 Å². The van der Waals surface area contributed by atoms with Gasteiger partial charge in [-0.1, -0.05) is 6.07 Å². The number of carbonyl (C=O) groups excluding carboxylic acids is 1. The SMILES string of the molecule is CCN(C(=O)NCCCn1ccnc1C)C(C)c1cccnc1. The Morgan fingerprint density at radius 3 is 2.87 bits per heavy atom. The van der Waals surface area contributed by atoms with Crippen LogP contribution in [0.2, 0.25) is 0 Å². The third-order valence-electron chi connectivity index (χ3n) is 4.01. The normalized spacial score (nSPS) is 12.0. The molecule has 0 fully saturated rings. The highest BCUT2D eigenvalue weighted by Gasteiger charge is 2.19. The molecule has 0 radical (unpaired) electrons. The van der Waals surface area contributed by atoms with Crippen LogP contribution in [0.5, 0.6) is 0 Å². The molecule has 0 aromatic carbocycles. The maximum atomic E-state index is 12.4. The Kier molecular flexibility index (Phi) is 6.14. The third-order valence-corrected chi connectivity index (χ3v) is 4.01. The molecule has 2 heterocycles. The number of urea groups is 1. The van der Waals surface area contributed by atoms with Crippen LogP contribution < -0.4 is 5.32 Å². The van der Waals surface area contributed by atoms with Gasteiger partial charge in [0.25, 0.3) is 0 Å². The van der Waals surface area contributed by atoms with E-state index in [0.29, 0.717) is 13.1 Å². The second-order valence-electron chi connectivity index (χ2n) is 5.50. The number of nitrogens with zero attached hydrogens (tertiary/aromatic N) is 4. The highest BCUT2D eigenvalue weighted by molar-refractivity contribution is 5.74. The Balaban J connectivity index is 1.82. The van der Waals surface area contributed by atoms with Crippen molar-refractivity contribution >= 4 is 6.03 Å². The molecule has 6 nitrogen and oxygen atoms in total. The predicted octanol–water partition coefficient (Wildman–Crippen LogP) is 2.77. The van der Waals surface area contributed by atoms with Crippen LogP contribution in [0.1, 0.15) is 37.7 Å². The summed E-state index contributed by atoms with van der Waals surface area (Å²) in [7, 11) is 0. The molecule has 0 bridgehead atoms. The first-order valence-electron chi connectivity index (χ1n) is 8.05. The highest BCUT2D eigenvalue weighted by atomic mass is 16.2. The van der Waals surface area contributed by atoms with Crippen LogP contribution in [-0.4, -0.2) is 38.6 Å². The van der Waals surface area contributed by atoms with Crippen LogP contribution in [0.25, 0.3) is 0 Å². The quantitative estimate of drug-likeness (QED) is 0.799. The molecule has 0 saturated heterocycles. The van der Waals surface area contributed by atoms with Gasteiger partial charge in [-0.25, -0.2) is 9.78 Å². The monoisotopic (exact) mass is 315 g/mol. The number of rotatable bonds is 7. The lowest BCUT2D eigenvalue weighted by Crippen LogP contribution is -2.41. The van der Waals surface area contributed by atoms with Crippen molar-refractivity contribution in [2.45, 2.75) is 39.8 Å². The van der Waals surface area contributed by atoms with E-state index in [4.69, 9.17) is 0 Å². The predicted molar refractivity (Wildman–Crippen MR) is 90.0 cm³/mol. The zero-order valence-electron chi connectivity index (χ0n) is 14.1. The van der Waals surface area contributed by atoms with E-state index in [0.717, 1.165) is 24.4 Å². The van der Waals surface area contributed by atoms with Crippen LogP contribution in [-0.2, 0) is 6.54 Å². The summed E-state index contributed by atoms with van der Waals surface area (Å²) in [5.41, 5.74) is 1.04. The Hall–Kier alpha value is -2.37. The summed E-state index contributed by atoms with van der Waals surface area (Å²) in [5.74, 6) is 0.997. The molecule has 1 atom stereocenters. The molecule has 0 aliphatic carbocycles. The van der Waals surface area contributed by atoms with Gasteiger partial charge in [0, 0.05) is 44.4 Å². The molecule has 23 heavy (non-hydrogen) atoms. The van der Waals surface area contributed by atoms with E-state index in [1.54, 1.807) is 12.4 Å². The number of hydrogen-bond donors (Lipinski definition) is 1. The zero-order chi connectivity index (χ0) is 16.7. The molecule has 1 unspecified atom stereocenters. The van der Waals surface area contributed by atoms with Gasteiger partial charge in [0.2, 0.25) is 0 Å². The first-order chi connectivity index (χ1) is 11.1. The van der Waals surface area contributed by atoms with Crippen LogP contribution in [0.15, 0.2) is 36.9 Å². The van der Waals surface area contributed by atoms with Gasteiger partial charge in [0.15, 0.2) is 0 Å². The summed E-state index contributed by atoms with van der Waals surface area (Å²) in [6, 6.07) is 3.86. The van der Waals surface area contributed by atoms with Gasteiger partial charge >= 0.3 is 6.03 Å². The first kappa shape index (κ1) is 17.0. The number of nitrogens with one attached hydrogen (secondary N) is 1. The average Bonchev–Trinajstić information content (AvgIpc) is 2.98. The van der Waals surface area contributed by atoms with Crippen LogP contribution >= 0.6 is 0 Å². The topological polar surface area (TPSA) is 63.1 Å². The largest absolute Gasteiger partial charge is 0.338 e. The lowest BCUT2D eigenvalue weighted by atomic mass is 10.1. The molecule has 2 rings (SSSR count). The average molecular weight is 315 g/mol. The Morgan fingerprint density at radius 1 is 1.43 bits per heavy atom. The van der Waals surface area contributed by atoms with E-state index in [1.165, 1.54) is 0 Å². The molecule has 2 aromatic heterocycles. The summed E-state index contributed by atoms with van der Waals surface area (Å²) in [6.45, 7) is 8.15. The number of imidazole rings is 1. The molecule has 0 aliphatic heterocycles. The van der Waals surface area contributed by atoms with Gasteiger partial charge in [-0.05, 0) is 38.8 Å². The maximum absolute atomic E-state index is 12.4. The summed E-state index contributed by atoms with van der Waals surface area (Å²) in [4.78, 5) is 22.5. The molecule has 2 aromatic rings. The first-order valence-corrected chi connectivity index (χ1v) is 8.05. The lowest BCUT2D eigenvalue weighted by Gasteiger charge is -2.28. The summed E-state index contributed by atoms with van der Waals surface area (Å²) >= 11 is 0. The van der Waals surface area contributed by atoms with Crippen molar-refractivity contribution in [3.05, 3.63) is 48.3 Å². The van der Waals surface area contributed by atoms with E-state index < -0.39 is 0 Å². The summed E-state index contributed by atoms with van der Waals surface area (Å²) < 4.78 is 2.09. The van der Waals surface area contributed by atoms with Crippen LogP contribution in [0.4, 0.5) is 4.79 Å². The Morgan fingerprint density at radius 2 is 2.26 bits per heavy atom. The van der Waals surface area contributed by atoms with Crippen molar-refractivity contribution in [1.82, 2.24) is 24.8 Å². The van der Waals surface area contributed by atoms with Crippen molar-refractivity contribution in [2.75, 3.05) is 13.1 Å². The van der Waals surface area contributed by atoms with Crippen LogP contribution in [0, 0.1) is 6.92 Å². The molecule has 2 amide bonds. The van der Waals surface area contributed by atoms with E-state index in [-0.39, 0.29) is 12.1 Å². The number of pyridine rings is 1. The minimum atomic E-state index is -0.0359. The third kappa shape index (κ3) is 4.55. The minimum Gasteiger partial charge on any atom is -0.338 e. The van der Waals surface area contributed by atoms with Crippen molar-refractivity contribution in [3.8, 4) is 0 Å². The van der Waals surface area contributed by atoms with Gasteiger partial charge in [-0.2, -0.15) is 0 Å². The van der Waals surface area contributed by atoms with Crippen molar-refractivity contribution in [1.29, 1.82) is 0 Å². The van der Waals surface area contributed by atoms with E-state index in [2.05, 4.69) is 19.9 Å². The van der Waals surface area contributed by atoms with Crippen molar-refractivity contribution in [3.63, 3.8) is 0 Å². The smallest absolute Gasteiger partial charge is 0.317 e. The van der Waals surface area contributed by atoms with Crippen molar-refractivity contribution in [2.24, 2.45) is 0 Å². The molecular weight excluding hydrogens is 290 g/mol. The van der Waals surface area contributed by atoms with Gasteiger partial charge in [0.1, 0.15) is 5.82 Å². The highest BCUT2D eigenvalue weighted by Crippen LogP contribution is 2.18. The molecular formula is C17H25N5O. The number of aromatic nitrogens is 3. The standard InChI is InChI=1S/C17H25N5O/c1-4-22(14(2)16-7-5-8-18-13-16)17(23)20-9-6-11-21-12-10-19-15(21)3/h5,7-8,10,12-14H,4,6,9,11H2,1-3H3,(H,20,23). The van der Waals surface area contributed by atoms with Gasteiger partial charge in [-0.3, -0.25) is 4.98 Å². The fourth-order valence-electron chi connectivity index (χ4n) is 2.58. The molecule has 0 aliphatic rings. The van der Waals surface area contributed by atoms with Gasteiger partial charge in [-0.15, -0.1) is 0 Å². The molecule has 0 saturated carbocycles. The fraction of sp³-hybridized carbons (Fsp3) is 0.471. The number of amides is 2. The lowest BCUT2D eigenvalue weighted by molar-refractivity contribution is 0.182. The second kappa shape index (κ2) is 8.31. The fourth-order valence-corrected chi connectivity index (χ4v) is 2.58.